The Balaban J connectivity index is 3.35. The van der Waals surface area contributed by atoms with Crippen molar-refractivity contribution in [3.8, 4) is 0 Å². The zero-order valence-electron chi connectivity index (χ0n) is 12.6. The first-order valence-electron chi connectivity index (χ1n) is 7.62. The van der Waals surface area contributed by atoms with E-state index in [1.807, 2.05) is 24.3 Å². The minimum atomic E-state index is -0.932. The minimum Gasteiger partial charge on any atom is -0.247 e. The Morgan fingerprint density at radius 2 is 1.30 bits per heavy atom. The fraction of sp³-hybridized carbons (Fsp3) is 0.500. The van der Waals surface area contributed by atoms with Crippen LogP contribution in [0.4, 0.5) is 0 Å². The second kappa shape index (κ2) is 15.5. The lowest BCUT2D eigenvalue weighted by molar-refractivity contribution is -0.143. The average Bonchev–Trinajstić information content (AvgIpc) is 2.43. The van der Waals surface area contributed by atoms with Gasteiger partial charge in [0.05, 0.1) is 6.42 Å². The van der Waals surface area contributed by atoms with Gasteiger partial charge in [0.2, 0.25) is 0 Å². The van der Waals surface area contributed by atoms with Crippen LogP contribution in [0.25, 0.3) is 0 Å². The molecule has 0 aromatic rings. The van der Waals surface area contributed by atoms with Crippen LogP contribution in [0.2, 0.25) is 0 Å². The molecule has 0 aliphatic carbocycles. The van der Waals surface area contributed by atoms with Crippen LogP contribution in [0.15, 0.2) is 48.6 Å². The summed E-state index contributed by atoms with van der Waals surface area (Å²) >= 11 is 0. The van der Waals surface area contributed by atoms with Crippen molar-refractivity contribution in [3.63, 3.8) is 0 Å². The third-order valence-corrected chi connectivity index (χ3v) is 2.82. The molecular weight excluding hydrogens is 248 g/mol. The monoisotopic (exact) mass is 275 g/mol. The second-order valence-corrected chi connectivity index (χ2v) is 4.71. The highest BCUT2D eigenvalue weighted by Crippen LogP contribution is 2.07. The SMILES string of the molecule is CCC=CC=CC=CC=CCCCCCCCC([O])=O. The molecule has 1 radical (unpaired) electrons. The summed E-state index contributed by atoms with van der Waals surface area (Å²) in [6.07, 6.45) is 24.1. The number of rotatable bonds is 12. The van der Waals surface area contributed by atoms with E-state index in [2.05, 4.69) is 31.2 Å². The van der Waals surface area contributed by atoms with Gasteiger partial charge in [-0.2, -0.15) is 0 Å². The molecule has 111 valence electrons. The number of allylic oxidation sites excluding steroid dienone is 8. The van der Waals surface area contributed by atoms with Gasteiger partial charge in [0.15, 0.2) is 0 Å². The molecule has 0 atom stereocenters. The van der Waals surface area contributed by atoms with Crippen molar-refractivity contribution in [3.05, 3.63) is 48.6 Å². The van der Waals surface area contributed by atoms with Gasteiger partial charge in [-0.3, -0.25) is 0 Å². The summed E-state index contributed by atoms with van der Waals surface area (Å²) in [6, 6.07) is 0. The second-order valence-electron chi connectivity index (χ2n) is 4.71. The van der Waals surface area contributed by atoms with Gasteiger partial charge in [0.1, 0.15) is 0 Å². The van der Waals surface area contributed by atoms with Crippen LogP contribution in [-0.2, 0) is 9.90 Å². The van der Waals surface area contributed by atoms with E-state index in [0.29, 0.717) is 0 Å². The van der Waals surface area contributed by atoms with Crippen LogP contribution in [-0.4, -0.2) is 5.97 Å². The first-order chi connectivity index (χ1) is 9.77. The zero-order chi connectivity index (χ0) is 14.9. The van der Waals surface area contributed by atoms with Gasteiger partial charge in [-0.25, -0.2) is 9.90 Å². The average molecular weight is 275 g/mol. The summed E-state index contributed by atoms with van der Waals surface area (Å²) in [5.41, 5.74) is 0. The van der Waals surface area contributed by atoms with Gasteiger partial charge in [0.25, 0.3) is 0 Å². The number of hydrogen-bond donors (Lipinski definition) is 0. The third kappa shape index (κ3) is 16.4. The van der Waals surface area contributed by atoms with Crippen LogP contribution >= 0.6 is 0 Å². The molecule has 0 saturated heterocycles. The van der Waals surface area contributed by atoms with Crippen molar-refractivity contribution in [2.75, 3.05) is 0 Å². The van der Waals surface area contributed by atoms with Gasteiger partial charge < -0.3 is 0 Å². The van der Waals surface area contributed by atoms with Gasteiger partial charge >= 0.3 is 5.97 Å². The molecule has 0 fully saturated rings. The maximum absolute atomic E-state index is 10.2. The molecule has 0 heterocycles. The van der Waals surface area contributed by atoms with E-state index in [9.17, 15) is 9.90 Å². The highest BCUT2D eigenvalue weighted by atomic mass is 16.4. The Bertz CT molecular complexity index is 335. The maximum atomic E-state index is 10.2. The maximum Gasteiger partial charge on any atom is 0.355 e. The van der Waals surface area contributed by atoms with Crippen molar-refractivity contribution >= 4 is 5.97 Å². The fourth-order valence-corrected chi connectivity index (χ4v) is 1.71. The lowest BCUT2D eigenvalue weighted by atomic mass is 10.1. The molecule has 0 spiro atoms. The molecule has 0 rings (SSSR count). The Hall–Kier alpha value is -1.57. The van der Waals surface area contributed by atoms with Crippen LogP contribution < -0.4 is 0 Å². The van der Waals surface area contributed by atoms with Gasteiger partial charge in [-0.1, -0.05) is 74.8 Å². The van der Waals surface area contributed by atoms with Crippen molar-refractivity contribution < 1.29 is 9.90 Å². The van der Waals surface area contributed by atoms with Crippen LogP contribution in [0, 0.1) is 0 Å². The van der Waals surface area contributed by atoms with Crippen LogP contribution in [0.1, 0.15) is 58.3 Å². The van der Waals surface area contributed by atoms with Crippen molar-refractivity contribution in [2.45, 2.75) is 58.3 Å². The highest BCUT2D eigenvalue weighted by Gasteiger charge is 1.97. The van der Waals surface area contributed by atoms with E-state index in [0.717, 1.165) is 32.1 Å². The molecule has 0 unspecified atom stereocenters. The van der Waals surface area contributed by atoms with Crippen molar-refractivity contribution in [1.82, 2.24) is 0 Å². The topological polar surface area (TPSA) is 37.0 Å². The lowest BCUT2D eigenvalue weighted by Gasteiger charge is -1.97. The van der Waals surface area contributed by atoms with E-state index < -0.39 is 5.97 Å². The first kappa shape index (κ1) is 18.4. The summed E-state index contributed by atoms with van der Waals surface area (Å²) in [5.74, 6) is -0.932. The number of carbonyl (C=O) groups excluding carboxylic acids is 1. The van der Waals surface area contributed by atoms with Gasteiger partial charge in [0, 0.05) is 0 Å². The summed E-state index contributed by atoms with van der Waals surface area (Å²) in [5, 5.41) is 10.2. The fourth-order valence-electron chi connectivity index (χ4n) is 1.71. The standard InChI is InChI=1S/C18H27O2/c1-2-3-4-5-6-7-8-9-10-11-12-13-14-15-16-17-18(19)20/h3-10H,2,11-17H2,1H3. The Kier molecular flexibility index (Phi) is 14.3. The lowest BCUT2D eigenvalue weighted by Crippen LogP contribution is -1.91. The summed E-state index contributed by atoms with van der Waals surface area (Å²) < 4.78 is 0. The zero-order valence-corrected chi connectivity index (χ0v) is 12.6. The Morgan fingerprint density at radius 3 is 1.95 bits per heavy atom. The molecule has 0 aliphatic heterocycles. The minimum absolute atomic E-state index is 0.200. The van der Waals surface area contributed by atoms with E-state index in [-0.39, 0.29) is 6.42 Å². The van der Waals surface area contributed by atoms with E-state index in [1.54, 1.807) is 0 Å². The predicted octanol–water partition coefficient (Wildman–Crippen LogP) is 5.31. The summed E-state index contributed by atoms with van der Waals surface area (Å²) in [4.78, 5) is 10.2. The normalized spacial score (nSPS) is 12.4. The number of unbranched alkanes of at least 4 members (excludes halogenated alkanes) is 5. The smallest absolute Gasteiger partial charge is 0.247 e. The van der Waals surface area contributed by atoms with E-state index in [4.69, 9.17) is 0 Å². The summed E-state index contributed by atoms with van der Waals surface area (Å²) in [6.45, 7) is 2.12. The molecule has 20 heavy (non-hydrogen) atoms. The van der Waals surface area contributed by atoms with Gasteiger partial charge in [-0.05, 0) is 25.7 Å². The number of hydrogen-bond acceptors (Lipinski definition) is 1. The molecule has 0 aliphatic rings. The highest BCUT2D eigenvalue weighted by molar-refractivity contribution is 5.66. The molecular formula is C18H27O2. The molecule has 0 bridgehead atoms. The molecule has 0 amide bonds. The molecule has 0 aromatic carbocycles. The van der Waals surface area contributed by atoms with Crippen LogP contribution in [0.5, 0.6) is 0 Å². The van der Waals surface area contributed by atoms with Crippen molar-refractivity contribution in [1.29, 1.82) is 0 Å². The van der Waals surface area contributed by atoms with Crippen molar-refractivity contribution in [2.24, 2.45) is 0 Å². The molecule has 2 heteroatoms. The summed E-state index contributed by atoms with van der Waals surface area (Å²) in [7, 11) is 0. The quantitative estimate of drug-likeness (QED) is 0.351. The van der Waals surface area contributed by atoms with E-state index >= 15 is 0 Å². The molecule has 0 N–H and O–H groups in total. The van der Waals surface area contributed by atoms with Gasteiger partial charge in [-0.15, -0.1) is 0 Å². The number of carbonyl (C=O) groups is 1. The Labute approximate surface area is 123 Å². The Morgan fingerprint density at radius 1 is 0.750 bits per heavy atom. The molecule has 0 aromatic heterocycles. The first-order valence-corrected chi connectivity index (χ1v) is 7.62. The largest absolute Gasteiger partial charge is 0.355 e. The van der Waals surface area contributed by atoms with Crippen LogP contribution in [0.3, 0.4) is 0 Å². The van der Waals surface area contributed by atoms with E-state index in [1.165, 1.54) is 12.8 Å². The predicted molar refractivity (Wildman–Crippen MR) is 84.9 cm³/mol. The molecule has 2 nitrogen and oxygen atoms in total. The third-order valence-electron chi connectivity index (χ3n) is 2.82. The molecule has 0 saturated carbocycles.